The number of aryl methyl sites for hydroxylation is 1. The molecule has 0 saturated carbocycles. The molecule has 0 aliphatic carbocycles. The third-order valence-electron chi connectivity index (χ3n) is 3.34. The Bertz CT molecular complexity index is 980. The number of furan rings is 1. The molecule has 0 unspecified atom stereocenters. The van der Waals surface area contributed by atoms with Gasteiger partial charge in [-0.05, 0) is 37.3 Å². The van der Waals surface area contributed by atoms with Crippen LogP contribution < -0.4 is 0 Å². The van der Waals surface area contributed by atoms with Crippen LogP contribution in [0, 0.1) is 17.0 Å². The zero-order valence-electron chi connectivity index (χ0n) is 13.3. The number of phenolic OH excluding ortho intramolecular Hbond substituents is 1. The first kappa shape index (κ1) is 17.8. The van der Waals surface area contributed by atoms with Gasteiger partial charge in [-0.15, -0.1) is 0 Å². The van der Waals surface area contributed by atoms with Gasteiger partial charge in [-0.25, -0.2) is 0 Å². The molecule has 0 atom stereocenters. The average molecular weight is 389 g/mol. The fourth-order valence-electron chi connectivity index (χ4n) is 2.10. The van der Waals surface area contributed by atoms with Crippen LogP contribution in [0.25, 0.3) is 6.08 Å². The number of carbonyl (C=O) groups excluding carboxylic acids is 1. The monoisotopic (exact) mass is 389 g/mol. The number of benzene rings is 1. The van der Waals surface area contributed by atoms with Crippen LogP contribution >= 0.6 is 24.0 Å². The van der Waals surface area contributed by atoms with Crippen molar-refractivity contribution in [3.05, 3.63) is 62.4 Å². The molecule has 1 aromatic carbocycles. The molecule has 1 aromatic heterocycles. The van der Waals surface area contributed by atoms with Gasteiger partial charge in [0.1, 0.15) is 17.3 Å². The van der Waals surface area contributed by atoms with Crippen LogP contribution in [0.4, 0.5) is 5.69 Å². The highest BCUT2D eigenvalue weighted by molar-refractivity contribution is 8.26. The minimum atomic E-state index is -0.593. The van der Waals surface area contributed by atoms with E-state index in [1.54, 1.807) is 25.1 Å². The average Bonchev–Trinajstić information content (AvgIpc) is 3.11. The van der Waals surface area contributed by atoms with E-state index in [1.165, 1.54) is 12.1 Å². The second-order valence-corrected chi connectivity index (χ2v) is 6.86. The summed E-state index contributed by atoms with van der Waals surface area (Å²) < 4.78 is 5.61. The molecule has 26 heavy (non-hydrogen) atoms. The lowest BCUT2D eigenvalue weighted by atomic mass is 10.2. The highest BCUT2D eigenvalue weighted by Gasteiger charge is 2.32. The van der Waals surface area contributed by atoms with Crippen molar-refractivity contribution in [2.24, 2.45) is 5.10 Å². The minimum Gasteiger partial charge on any atom is -0.507 e. The Kier molecular flexibility index (Phi) is 4.87. The zero-order valence-corrected chi connectivity index (χ0v) is 14.9. The summed E-state index contributed by atoms with van der Waals surface area (Å²) >= 11 is 6.20. The molecule has 1 aliphatic rings. The Labute approximate surface area is 156 Å². The summed E-state index contributed by atoms with van der Waals surface area (Å²) in [7, 11) is 0. The smallest absolute Gasteiger partial charge is 0.286 e. The van der Waals surface area contributed by atoms with Crippen molar-refractivity contribution in [3.8, 4) is 5.75 Å². The molecule has 3 rings (SSSR count). The molecule has 1 fully saturated rings. The fourth-order valence-corrected chi connectivity index (χ4v) is 3.25. The highest BCUT2D eigenvalue weighted by atomic mass is 32.2. The Hall–Kier alpha value is -2.98. The van der Waals surface area contributed by atoms with E-state index in [0.29, 0.717) is 16.4 Å². The zero-order chi connectivity index (χ0) is 18.8. The van der Waals surface area contributed by atoms with Gasteiger partial charge in [0.15, 0.2) is 4.32 Å². The number of hydrazone groups is 1. The van der Waals surface area contributed by atoms with Gasteiger partial charge < -0.3 is 9.52 Å². The Morgan fingerprint density at radius 1 is 1.38 bits per heavy atom. The number of aromatic hydroxyl groups is 1. The first-order chi connectivity index (χ1) is 12.3. The lowest BCUT2D eigenvalue weighted by molar-refractivity contribution is -0.384. The maximum Gasteiger partial charge on any atom is 0.286 e. The quantitative estimate of drug-likeness (QED) is 0.280. The fraction of sp³-hybridized carbons (Fsp3) is 0.0625. The van der Waals surface area contributed by atoms with Gasteiger partial charge in [-0.3, -0.25) is 14.9 Å². The van der Waals surface area contributed by atoms with Gasteiger partial charge in [0.2, 0.25) is 0 Å². The number of thioether (sulfide) groups is 1. The van der Waals surface area contributed by atoms with Gasteiger partial charge in [0.25, 0.3) is 11.6 Å². The number of thiocarbonyl (C=S) groups is 1. The van der Waals surface area contributed by atoms with E-state index in [4.69, 9.17) is 16.6 Å². The van der Waals surface area contributed by atoms with Crippen molar-refractivity contribution in [1.82, 2.24) is 5.01 Å². The molecule has 0 spiro atoms. The maximum atomic E-state index is 12.4. The van der Waals surface area contributed by atoms with Crippen molar-refractivity contribution in [1.29, 1.82) is 0 Å². The number of hydrogen-bond donors (Lipinski definition) is 1. The minimum absolute atomic E-state index is 0.0962. The lowest BCUT2D eigenvalue weighted by Gasteiger charge is -2.06. The molecule has 132 valence electrons. The third-order valence-corrected chi connectivity index (χ3v) is 4.62. The first-order valence-electron chi connectivity index (χ1n) is 7.21. The van der Waals surface area contributed by atoms with Gasteiger partial charge in [0.05, 0.1) is 16.0 Å². The molecule has 10 heteroatoms. The summed E-state index contributed by atoms with van der Waals surface area (Å²) in [4.78, 5) is 23.0. The van der Waals surface area contributed by atoms with Gasteiger partial charge in [-0.2, -0.15) is 10.1 Å². The van der Waals surface area contributed by atoms with Crippen LogP contribution in [0.15, 0.2) is 44.8 Å². The van der Waals surface area contributed by atoms with E-state index in [9.17, 15) is 20.0 Å². The molecule has 1 saturated heterocycles. The molecule has 0 radical (unpaired) electrons. The summed E-state index contributed by atoms with van der Waals surface area (Å²) in [5.41, 5.74) is -0.110. The van der Waals surface area contributed by atoms with Crippen LogP contribution in [-0.4, -0.2) is 31.5 Å². The highest BCUT2D eigenvalue weighted by Crippen LogP contribution is 2.33. The number of amides is 1. The molecule has 0 bridgehead atoms. The lowest BCUT2D eigenvalue weighted by Crippen LogP contribution is -2.22. The van der Waals surface area contributed by atoms with E-state index in [0.717, 1.165) is 29.1 Å². The van der Waals surface area contributed by atoms with E-state index in [-0.39, 0.29) is 21.3 Å². The predicted octanol–water partition coefficient (Wildman–Crippen LogP) is 3.44. The summed E-state index contributed by atoms with van der Waals surface area (Å²) in [5, 5.41) is 25.6. The van der Waals surface area contributed by atoms with Gasteiger partial charge in [-0.1, -0.05) is 11.8 Å². The number of non-ortho nitro benzene ring substituents is 1. The standard InChI is InChI=1S/C16H11N3O5S2/c1-9-2-4-12(24-9)7-14-15(21)18(16(25)26-14)17-8-10-6-11(19(22)23)3-5-13(10)20/h2-8,20H,1H3. The number of rotatable bonds is 4. The Balaban J connectivity index is 1.84. The number of nitrogens with zero attached hydrogens (tertiary/aromatic N) is 3. The maximum absolute atomic E-state index is 12.4. The SMILES string of the molecule is Cc1ccc(C=C2SC(=S)N(N=Cc3cc([N+](=O)[O-])ccc3O)C2=O)o1. The van der Waals surface area contributed by atoms with E-state index in [2.05, 4.69) is 5.10 Å². The Morgan fingerprint density at radius 2 is 2.15 bits per heavy atom. The Morgan fingerprint density at radius 3 is 2.81 bits per heavy atom. The summed E-state index contributed by atoms with van der Waals surface area (Å²) in [6.45, 7) is 1.79. The van der Waals surface area contributed by atoms with Crippen molar-refractivity contribution in [2.45, 2.75) is 6.92 Å². The number of hydrogen-bond acceptors (Lipinski definition) is 8. The number of nitro groups is 1. The molecular weight excluding hydrogens is 378 g/mol. The van der Waals surface area contributed by atoms with Crippen molar-refractivity contribution >= 4 is 52.2 Å². The molecule has 2 aromatic rings. The molecule has 1 aliphatic heterocycles. The number of phenols is 1. The molecule has 1 N–H and O–H groups in total. The summed E-state index contributed by atoms with van der Waals surface area (Å²) in [5.74, 6) is 0.579. The van der Waals surface area contributed by atoms with Gasteiger partial charge >= 0.3 is 0 Å². The third kappa shape index (κ3) is 3.65. The molecule has 8 nitrogen and oxygen atoms in total. The number of carbonyl (C=O) groups is 1. The van der Waals surface area contributed by atoms with Crippen molar-refractivity contribution < 1.29 is 19.2 Å². The van der Waals surface area contributed by atoms with E-state index < -0.39 is 10.8 Å². The van der Waals surface area contributed by atoms with Crippen molar-refractivity contribution in [3.63, 3.8) is 0 Å². The van der Waals surface area contributed by atoms with Gasteiger partial charge in [0, 0.05) is 23.8 Å². The predicted molar refractivity (Wildman–Crippen MR) is 101 cm³/mol. The summed E-state index contributed by atoms with van der Waals surface area (Å²) in [6.07, 6.45) is 2.71. The largest absolute Gasteiger partial charge is 0.507 e. The van der Waals surface area contributed by atoms with E-state index >= 15 is 0 Å². The second kappa shape index (κ2) is 7.10. The van der Waals surface area contributed by atoms with Crippen LogP contribution in [0.2, 0.25) is 0 Å². The normalized spacial score (nSPS) is 16.2. The van der Waals surface area contributed by atoms with Crippen LogP contribution in [0.5, 0.6) is 5.75 Å². The molecular formula is C16H11N3O5S2. The molecule has 2 heterocycles. The summed E-state index contributed by atoms with van der Waals surface area (Å²) in [6, 6.07) is 7.00. The van der Waals surface area contributed by atoms with Crippen molar-refractivity contribution in [2.75, 3.05) is 0 Å². The van der Waals surface area contributed by atoms with Crippen LogP contribution in [0.1, 0.15) is 17.1 Å². The number of nitro benzene ring substituents is 1. The topological polar surface area (TPSA) is 109 Å². The molecule has 1 amide bonds. The first-order valence-corrected chi connectivity index (χ1v) is 8.43. The van der Waals surface area contributed by atoms with E-state index in [1.807, 2.05) is 0 Å². The van der Waals surface area contributed by atoms with Crippen LogP contribution in [0.3, 0.4) is 0 Å². The second-order valence-electron chi connectivity index (χ2n) is 5.19. The van der Waals surface area contributed by atoms with Crippen LogP contribution in [-0.2, 0) is 4.79 Å².